The van der Waals surface area contributed by atoms with Crippen molar-refractivity contribution in [3.05, 3.63) is 96.1 Å². The van der Waals surface area contributed by atoms with Crippen molar-refractivity contribution in [1.29, 1.82) is 0 Å². The SMILES string of the molecule is Cc1ccc(S(=O)N[C@](CC(C)C)(c2ccccc2)[C@@H](CSc2ccccc2)C(=O)OC(C)(C)C)cc1. The number of benzene rings is 3. The highest BCUT2D eigenvalue weighted by Crippen LogP contribution is 2.41. The van der Waals surface area contributed by atoms with Crippen LogP contribution in [0, 0.1) is 18.8 Å². The standard InChI is InChI=1S/C31H39NO3S2/c1-23(2)21-31(25-13-9-7-10-14-25,32-37(34)27-19-17-24(3)18-20-27)28(29(33)35-30(4,5)6)22-36-26-15-11-8-12-16-26/h7-20,23,28,32H,21-22H2,1-6H3/t28-,31+,37?/m0/s1. The first-order valence-corrected chi connectivity index (χ1v) is 14.9. The van der Waals surface area contributed by atoms with Crippen molar-refractivity contribution in [3.8, 4) is 0 Å². The monoisotopic (exact) mass is 537 g/mol. The molecule has 0 radical (unpaired) electrons. The normalized spacial score (nSPS) is 15.1. The molecule has 0 aromatic heterocycles. The van der Waals surface area contributed by atoms with Crippen molar-refractivity contribution >= 4 is 28.7 Å². The van der Waals surface area contributed by atoms with Gasteiger partial charge in [0.25, 0.3) is 0 Å². The molecule has 3 rings (SSSR count). The van der Waals surface area contributed by atoms with Crippen molar-refractivity contribution in [3.63, 3.8) is 0 Å². The summed E-state index contributed by atoms with van der Waals surface area (Å²) < 4.78 is 23.3. The Morgan fingerprint density at radius 3 is 2.03 bits per heavy atom. The fourth-order valence-electron chi connectivity index (χ4n) is 4.38. The lowest BCUT2D eigenvalue weighted by molar-refractivity contribution is -0.162. The number of nitrogens with one attached hydrogen (secondary N) is 1. The van der Waals surface area contributed by atoms with E-state index in [1.165, 1.54) is 0 Å². The summed E-state index contributed by atoms with van der Waals surface area (Å²) in [7, 11) is -1.55. The molecule has 3 aromatic carbocycles. The Balaban J connectivity index is 2.14. The molecular weight excluding hydrogens is 498 g/mol. The van der Waals surface area contributed by atoms with E-state index in [4.69, 9.17) is 4.74 Å². The summed E-state index contributed by atoms with van der Waals surface area (Å²) in [6, 6.07) is 27.7. The molecule has 1 N–H and O–H groups in total. The molecule has 6 heteroatoms. The third-order valence-electron chi connectivity index (χ3n) is 5.98. The Labute approximate surface area is 229 Å². The van der Waals surface area contributed by atoms with Crippen LogP contribution >= 0.6 is 11.8 Å². The lowest BCUT2D eigenvalue weighted by Gasteiger charge is -2.42. The zero-order chi connectivity index (χ0) is 27.1. The Bertz CT molecular complexity index is 1160. The van der Waals surface area contributed by atoms with Gasteiger partial charge in [-0.2, -0.15) is 0 Å². The van der Waals surface area contributed by atoms with E-state index in [-0.39, 0.29) is 11.9 Å². The second-order valence-electron chi connectivity index (χ2n) is 10.8. The molecule has 0 bridgehead atoms. The van der Waals surface area contributed by atoms with E-state index in [0.29, 0.717) is 17.1 Å². The predicted octanol–water partition coefficient (Wildman–Crippen LogP) is 7.30. The van der Waals surface area contributed by atoms with Crippen molar-refractivity contribution in [2.45, 2.75) is 68.9 Å². The number of hydrogen-bond acceptors (Lipinski definition) is 4. The van der Waals surface area contributed by atoms with Gasteiger partial charge >= 0.3 is 5.97 Å². The van der Waals surface area contributed by atoms with E-state index in [2.05, 4.69) is 18.6 Å². The van der Waals surface area contributed by atoms with Crippen molar-refractivity contribution < 1.29 is 13.7 Å². The summed E-state index contributed by atoms with van der Waals surface area (Å²) in [4.78, 5) is 15.7. The molecule has 3 atom stereocenters. The molecule has 0 aliphatic heterocycles. The Morgan fingerprint density at radius 1 is 0.919 bits per heavy atom. The second-order valence-corrected chi connectivity index (χ2v) is 13.1. The first-order valence-electron chi connectivity index (χ1n) is 12.7. The maximum atomic E-state index is 14.0. The number of rotatable bonds is 11. The van der Waals surface area contributed by atoms with Gasteiger partial charge in [-0.05, 0) is 69.9 Å². The number of esters is 1. The van der Waals surface area contributed by atoms with Crippen LogP contribution < -0.4 is 4.72 Å². The number of ether oxygens (including phenoxy) is 1. The van der Waals surface area contributed by atoms with Gasteiger partial charge in [0.2, 0.25) is 0 Å². The largest absolute Gasteiger partial charge is 0.460 e. The lowest BCUT2D eigenvalue weighted by Crippen LogP contribution is -2.54. The third kappa shape index (κ3) is 8.29. The first kappa shape index (κ1) is 29.2. The summed E-state index contributed by atoms with van der Waals surface area (Å²) in [5.74, 6) is -0.210. The van der Waals surface area contributed by atoms with Crippen LogP contribution in [0.3, 0.4) is 0 Å². The smallest absolute Gasteiger partial charge is 0.312 e. The van der Waals surface area contributed by atoms with Crippen LogP contribution in [0.1, 0.15) is 52.2 Å². The zero-order valence-electron chi connectivity index (χ0n) is 22.7. The van der Waals surface area contributed by atoms with Gasteiger partial charge in [0, 0.05) is 10.6 Å². The van der Waals surface area contributed by atoms with E-state index >= 15 is 0 Å². The number of hydrogen-bond donors (Lipinski definition) is 1. The topological polar surface area (TPSA) is 55.4 Å². The zero-order valence-corrected chi connectivity index (χ0v) is 24.3. The molecule has 0 fully saturated rings. The van der Waals surface area contributed by atoms with Crippen LogP contribution in [0.15, 0.2) is 94.7 Å². The molecule has 0 aliphatic carbocycles. The second kappa shape index (κ2) is 12.9. The van der Waals surface area contributed by atoms with Gasteiger partial charge in [-0.3, -0.25) is 4.79 Å². The van der Waals surface area contributed by atoms with E-state index in [9.17, 15) is 9.00 Å². The fourth-order valence-corrected chi connectivity index (χ4v) is 6.68. The van der Waals surface area contributed by atoms with E-state index in [0.717, 1.165) is 16.0 Å². The van der Waals surface area contributed by atoms with Crippen LogP contribution in [0.25, 0.3) is 0 Å². The maximum Gasteiger partial charge on any atom is 0.312 e. The first-order chi connectivity index (χ1) is 17.5. The van der Waals surface area contributed by atoms with Gasteiger partial charge in [0.1, 0.15) is 16.6 Å². The molecule has 0 heterocycles. The highest BCUT2D eigenvalue weighted by molar-refractivity contribution is 7.99. The van der Waals surface area contributed by atoms with E-state index < -0.39 is 28.0 Å². The van der Waals surface area contributed by atoms with Crippen LogP contribution in [0.2, 0.25) is 0 Å². The molecule has 0 aliphatic rings. The number of carbonyl (C=O) groups is 1. The molecule has 0 saturated heterocycles. The summed E-state index contributed by atoms with van der Waals surface area (Å²) in [6.45, 7) is 11.9. The highest BCUT2D eigenvalue weighted by atomic mass is 32.2. The average molecular weight is 538 g/mol. The Hall–Kier alpha value is -2.41. The fraction of sp³-hybridized carbons (Fsp3) is 0.387. The molecule has 4 nitrogen and oxygen atoms in total. The number of aryl methyl sites for hydroxylation is 1. The van der Waals surface area contributed by atoms with Crippen molar-refractivity contribution in [2.75, 3.05) is 5.75 Å². The van der Waals surface area contributed by atoms with Gasteiger partial charge in [-0.1, -0.05) is 80.1 Å². The number of carbonyl (C=O) groups excluding carboxylic acids is 1. The molecule has 1 unspecified atom stereocenters. The summed E-state index contributed by atoms with van der Waals surface area (Å²) >= 11 is 1.62. The molecule has 0 amide bonds. The molecular formula is C31H39NO3S2. The molecule has 198 valence electrons. The average Bonchev–Trinajstić information content (AvgIpc) is 2.84. The molecule has 3 aromatic rings. The Kier molecular flexibility index (Phi) is 10.2. The molecule has 0 spiro atoms. The minimum Gasteiger partial charge on any atom is -0.460 e. The molecule has 0 saturated carbocycles. The minimum atomic E-state index is -1.55. The van der Waals surface area contributed by atoms with Gasteiger partial charge in [0.15, 0.2) is 0 Å². The third-order valence-corrected chi connectivity index (χ3v) is 8.33. The van der Waals surface area contributed by atoms with Crippen molar-refractivity contribution in [2.24, 2.45) is 11.8 Å². The predicted molar refractivity (Wildman–Crippen MR) is 155 cm³/mol. The van der Waals surface area contributed by atoms with Crippen molar-refractivity contribution in [1.82, 2.24) is 4.72 Å². The lowest BCUT2D eigenvalue weighted by atomic mass is 9.74. The minimum absolute atomic E-state index is 0.217. The molecule has 37 heavy (non-hydrogen) atoms. The summed E-state index contributed by atoms with van der Waals surface area (Å²) in [6.07, 6.45) is 0.605. The van der Waals surface area contributed by atoms with Crippen LogP contribution in [-0.2, 0) is 26.1 Å². The van der Waals surface area contributed by atoms with Crippen LogP contribution in [0.5, 0.6) is 0 Å². The highest BCUT2D eigenvalue weighted by Gasteiger charge is 2.47. The van der Waals surface area contributed by atoms with E-state index in [1.807, 2.05) is 113 Å². The van der Waals surface area contributed by atoms with Crippen LogP contribution in [0.4, 0.5) is 0 Å². The van der Waals surface area contributed by atoms with Gasteiger partial charge in [-0.15, -0.1) is 11.8 Å². The van der Waals surface area contributed by atoms with Crippen LogP contribution in [-0.4, -0.2) is 21.5 Å². The number of thioether (sulfide) groups is 1. The van der Waals surface area contributed by atoms with Gasteiger partial charge in [-0.25, -0.2) is 8.93 Å². The quantitative estimate of drug-likeness (QED) is 0.206. The van der Waals surface area contributed by atoms with Gasteiger partial charge in [0.05, 0.1) is 16.4 Å². The van der Waals surface area contributed by atoms with E-state index in [1.54, 1.807) is 11.8 Å². The maximum absolute atomic E-state index is 14.0. The summed E-state index contributed by atoms with van der Waals surface area (Å²) in [5, 5.41) is 0. The van der Waals surface area contributed by atoms with Gasteiger partial charge < -0.3 is 4.74 Å². The summed E-state index contributed by atoms with van der Waals surface area (Å²) in [5.41, 5.74) is 0.454. The Morgan fingerprint density at radius 2 is 1.49 bits per heavy atom.